The Morgan fingerprint density at radius 3 is 2.63 bits per heavy atom. The lowest BCUT2D eigenvalue weighted by molar-refractivity contribution is 0.581. The Morgan fingerprint density at radius 1 is 1.23 bits per heavy atom. The summed E-state index contributed by atoms with van der Waals surface area (Å²) in [5.41, 5.74) is 9.38. The highest BCUT2D eigenvalue weighted by Gasteiger charge is 2.23. The zero-order valence-corrected chi connectivity index (χ0v) is 17.7. The first-order valence-electron chi connectivity index (χ1n) is 10.5. The van der Waals surface area contributed by atoms with Crippen LogP contribution in [0.15, 0.2) is 68.8 Å². The topological polar surface area (TPSA) is 104 Å². The van der Waals surface area contributed by atoms with Crippen LogP contribution in [0.2, 0.25) is 0 Å². The number of nitrogens with two attached hydrogens (primary N) is 1. The molecule has 1 aliphatic rings. The number of nitrogens with zero attached hydrogens (tertiary/aromatic N) is 1. The molecule has 0 fully saturated rings. The highest BCUT2D eigenvalue weighted by molar-refractivity contribution is 6.08. The molecule has 1 aromatic heterocycles. The van der Waals surface area contributed by atoms with Crippen LogP contribution in [0.5, 0.6) is 0 Å². The van der Waals surface area contributed by atoms with E-state index in [2.05, 4.69) is 29.9 Å². The van der Waals surface area contributed by atoms with Crippen molar-refractivity contribution >= 4 is 5.71 Å². The van der Waals surface area contributed by atoms with Crippen LogP contribution < -0.4 is 17.0 Å². The van der Waals surface area contributed by atoms with Gasteiger partial charge in [-0.25, -0.2) is 4.79 Å². The van der Waals surface area contributed by atoms with E-state index < -0.39 is 5.69 Å². The van der Waals surface area contributed by atoms with Gasteiger partial charge in [0.1, 0.15) is 0 Å². The van der Waals surface area contributed by atoms with Crippen molar-refractivity contribution in [3.8, 4) is 0 Å². The number of benzene rings is 1. The van der Waals surface area contributed by atoms with E-state index in [0.717, 1.165) is 42.8 Å². The van der Waals surface area contributed by atoms with E-state index in [1.165, 1.54) is 11.8 Å². The van der Waals surface area contributed by atoms with Gasteiger partial charge in [-0.05, 0) is 48.6 Å². The first-order chi connectivity index (χ1) is 14.5. The molecule has 158 valence electrons. The molecule has 0 bridgehead atoms. The van der Waals surface area contributed by atoms with Crippen LogP contribution in [-0.4, -0.2) is 22.2 Å². The second-order valence-corrected chi connectivity index (χ2v) is 8.14. The summed E-state index contributed by atoms with van der Waals surface area (Å²) in [6.45, 7) is 5.02. The molecule has 6 nitrogen and oxygen atoms in total. The summed E-state index contributed by atoms with van der Waals surface area (Å²) in [6.07, 6.45) is 8.45. The van der Waals surface area contributed by atoms with Gasteiger partial charge in [-0.1, -0.05) is 50.3 Å². The van der Waals surface area contributed by atoms with Crippen molar-refractivity contribution in [3.05, 3.63) is 91.9 Å². The summed E-state index contributed by atoms with van der Waals surface area (Å²) in [5, 5.41) is 0. The quantitative estimate of drug-likeness (QED) is 0.614. The van der Waals surface area contributed by atoms with Gasteiger partial charge in [0.2, 0.25) is 0 Å². The highest BCUT2D eigenvalue weighted by Crippen LogP contribution is 2.33. The van der Waals surface area contributed by atoms with Crippen molar-refractivity contribution in [2.24, 2.45) is 16.6 Å². The number of aromatic nitrogens is 2. The molecule has 1 aromatic carbocycles. The Kier molecular flexibility index (Phi) is 7.22. The van der Waals surface area contributed by atoms with Crippen LogP contribution in [-0.2, 0) is 6.42 Å². The average Bonchev–Trinajstić information content (AvgIpc) is 2.73. The second kappa shape index (κ2) is 10.1. The minimum Gasteiger partial charge on any atom is -0.405 e. The van der Waals surface area contributed by atoms with Crippen molar-refractivity contribution in [2.75, 3.05) is 6.54 Å². The number of aromatic amines is 2. The van der Waals surface area contributed by atoms with E-state index in [9.17, 15) is 9.59 Å². The zero-order valence-electron chi connectivity index (χ0n) is 17.7. The summed E-state index contributed by atoms with van der Waals surface area (Å²) < 4.78 is 0. The van der Waals surface area contributed by atoms with Gasteiger partial charge in [0.25, 0.3) is 5.56 Å². The molecular weight excluding hydrogens is 376 g/mol. The lowest BCUT2D eigenvalue weighted by atomic mass is 9.83. The van der Waals surface area contributed by atoms with Crippen molar-refractivity contribution in [2.45, 2.75) is 45.4 Å². The minimum atomic E-state index is -0.452. The maximum absolute atomic E-state index is 12.6. The van der Waals surface area contributed by atoms with Crippen LogP contribution >= 0.6 is 0 Å². The summed E-state index contributed by atoms with van der Waals surface area (Å²) in [7, 11) is 0. The van der Waals surface area contributed by atoms with Crippen LogP contribution in [0.4, 0.5) is 0 Å². The van der Waals surface area contributed by atoms with Gasteiger partial charge in [0, 0.05) is 30.1 Å². The SMILES string of the molecule is CC(C)CN=C(C=CN)C1=CCC(c2[nH]c(=O)[nH]c(=O)c2Cc2ccccc2)CC1. The molecule has 0 saturated carbocycles. The number of rotatable bonds is 7. The molecule has 0 saturated heterocycles. The number of H-pyrrole nitrogens is 2. The predicted molar refractivity (Wildman–Crippen MR) is 122 cm³/mol. The number of hydrogen-bond acceptors (Lipinski definition) is 4. The van der Waals surface area contributed by atoms with Crippen LogP contribution in [0.1, 0.15) is 55.8 Å². The lowest BCUT2D eigenvalue weighted by Gasteiger charge is -2.24. The van der Waals surface area contributed by atoms with E-state index >= 15 is 0 Å². The van der Waals surface area contributed by atoms with Crippen LogP contribution in [0.3, 0.4) is 0 Å². The number of aliphatic imine (C=N–C) groups is 1. The van der Waals surface area contributed by atoms with Gasteiger partial charge >= 0.3 is 5.69 Å². The molecule has 0 aliphatic heterocycles. The number of nitrogens with one attached hydrogen (secondary N) is 2. The Balaban J connectivity index is 1.88. The fourth-order valence-electron chi connectivity index (χ4n) is 3.82. The largest absolute Gasteiger partial charge is 0.405 e. The second-order valence-electron chi connectivity index (χ2n) is 8.14. The smallest absolute Gasteiger partial charge is 0.325 e. The summed E-state index contributed by atoms with van der Waals surface area (Å²) in [5.74, 6) is 0.570. The van der Waals surface area contributed by atoms with Crippen molar-refractivity contribution < 1.29 is 0 Å². The molecule has 3 rings (SSSR count). The fourth-order valence-corrected chi connectivity index (χ4v) is 3.82. The number of hydrogen-bond donors (Lipinski definition) is 3. The van der Waals surface area contributed by atoms with E-state index in [-0.39, 0.29) is 11.5 Å². The molecule has 1 atom stereocenters. The Labute approximate surface area is 176 Å². The van der Waals surface area contributed by atoms with Crippen LogP contribution in [0.25, 0.3) is 0 Å². The van der Waals surface area contributed by atoms with E-state index in [1.54, 1.807) is 0 Å². The first kappa shape index (κ1) is 21.6. The third-order valence-corrected chi connectivity index (χ3v) is 5.33. The molecule has 4 N–H and O–H groups in total. The van der Waals surface area contributed by atoms with E-state index in [4.69, 9.17) is 10.7 Å². The van der Waals surface area contributed by atoms with Crippen molar-refractivity contribution in [3.63, 3.8) is 0 Å². The minimum absolute atomic E-state index is 0.0932. The lowest BCUT2D eigenvalue weighted by Crippen LogP contribution is -2.30. The molecule has 6 heteroatoms. The molecule has 2 aromatic rings. The van der Waals surface area contributed by atoms with Crippen molar-refractivity contribution in [1.82, 2.24) is 9.97 Å². The molecule has 1 aliphatic carbocycles. The van der Waals surface area contributed by atoms with E-state index in [0.29, 0.717) is 17.9 Å². The molecule has 1 unspecified atom stereocenters. The summed E-state index contributed by atoms with van der Waals surface area (Å²) in [6, 6.07) is 9.83. The Hall–Kier alpha value is -3.15. The van der Waals surface area contributed by atoms with Gasteiger partial charge in [-0.2, -0.15) is 0 Å². The van der Waals surface area contributed by atoms with Crippen molar-refractivity contribution in [1.29, 1.82) is 0 Å². The maximum Gasteiger partial charge on any atom is 0.325 e. The predicted octanol–water partition coefficient (Wildman–Crippen LogP) is 3.42. The zero-order chi connectivity index (χ0) is 21.5. The molecule has 0 amide bonds. The third-order valence-electron chi connectivity index (χ3n) is 5.33. The van der Waals surface area contributed by atoms with Gasteiger partial charge in [0.15, 0.2) is 0 Å². The first-order valence-corrected chi connectivity index (χ1v) is 10.5. The fraction of sp³-hybridized carbons (Fsp3) is 0.375. The Bertz CT molecular complexity index is 1060. The summed E-state index contributed by atoms with van der Waals surface area (Å²) >= 11 is 0. The molecule has 0 spiro atoms. The van der Waals surface area contributed by atoms with E-state index in [1.807, 2.05) is 36.4 Å². The van der Waals surface area contributed by atoms with Gasteiger partial charge in [-0.3, -0.25) is 14.8 Å². The van der Waals surface area contributed by atoms with Crippen LogP contribution in [0, 0.1) is 5.92 Å². The molecule has 1 heterocycles. The Morgan fingerprint density at radius 2 is 2.00 bits per heavy atom. The highest BCUT2D eigenvalue weighted by atomic mass is 16.2. The standard InChI is InChI=1S/C24H30N4O2/c1-16(2)15-26-21(12-13-25)18-8-10-19(11-9-18)22-20(23(29)28-24(30)27-22)14-17-6-4-3-5-7-17/h3-8,12-13,16,19H,9-11,14-15,25H2,1-2H3,(H2,27,28,29,30). The van der Waals surface area contributed by atoms with Gasteiger partial charge < -0.3 is 10.7 Å². The molecule has 0 radical (unpaired) electrons. The number of allylic oxidation sites excluding steroid dienone is 3. The monoisotopic (exact) mass is 406 g/mol. The normalized spacial score (nSPS) is 17.5. The maximum atomic E-state index is 12.6. The third kappa shape index (κ3) is 5.47. The van der Waals surface area contributed by atoms with Gasteiger partial charge in [-0.15, -0.1) is 0 Å². The average molecular weight is 407 g/mol. The molecular formula is C24H30N4O2. The summed E-state index contributed by atoms with van der Waals surface area (Å²) in [4.78, 5) is 34.6. The molecule has 30 heavy (non-hydrogen) atoms. The van der Waals surface area contributed by atoms with Gasteiger partial charge in [0.05, 0.1) is 5.71 Å².